The highest BCUT2D eigenvalue weighted by molar-refractivity contribution is 7.16. The summed E-state index contributed by atoms with van der Waals surface area (Å²) in [5.74, 6) is -0.326. The van der Waals surface area contributed by atoms with Crippen LogP contribution in [0.15, 0.2) is 23.2 Å². The summed E-state index contributed by atoms with van der Waals surface area (Å²) < 4.78 is 21.7. The van der Waals surface area contributed by atoms with E-state index < -0.39 is 0 Å². The lowest BCUT2D eigenvalue weighted by atomic mass is 9.85. The number of benzene rings is 1. The molecule has 4 nitrogen and oxygen atoms in total. The number of hydrogen-bond acceptors (Lipinski definition) is 3. The van der Waals surface area contributed by atoms with Gasteiger partial charge < -0.3 is 9.30 Å². The first kappa shape index (κ1) is 14.4. The zero-order chi connectivity index (χ0) is 14.8. The predicted molar refractivity (Wildman–Crippen MR) is 79.6 cm³/mol. The number of hydrogen-bond donors (Lipinski definition) is 0. The van der Waals surface area contributed by atoms with E-state index >= 15 is 0 Å². The molecule has 2 aromatic rings. The summed E-state index contributed by atoms with van der Waals surface area (Å²) in [4.78, 5) is 16.9. The van der Waals surface area contributed by atoms with Crippen molar-refractivity contribution in [1.82, 2.24) is 4.57 Å². The monoisotopic (exact) mass is 308 g/mol. The van der Waals surface area contributed by atoms with Crippen molar-refractivity contribution in [3.8, 4) is 0 Å². The SMILES string of the molecule is COCCn1c(=NC(=O)C2CCC2)sc2cccc(F)c21. The second-order valence-corrected chi connectivity index (χ2v) is 6.20. The van der Waals surface area contributed by atoms with E-state index in [1.165, 1.54) is 17.4 Å². The zero-order valence-corrected chi connectivity index (χ0v) is 12.7. The fourth-order valence-corrected chi connectivity index (χ4v) is 3.48. The lowest BCUT2D eigenvalue weighted by Crippen LogP contribution is -2.25. The van der Waals surface area contributed by atoms with Crippen molar-refractivity contribution in [3.63, 3.8) is 0 Å². The molecule has 0 saturated heterocycles. The molecule has 1 aliphatic carbocycles. The van der Waals surface area contributed by atoms with Gasteiger partial charge in [-0.15, -0.1) is 0 Å². The summed E-state index contributed by atoms with van der Waals surface area (Å²) in [6.07, 6.45) is 2.93. The molecule has 1 fully saturated rings. The normalized spacial score (nSPS) is 16.4. The molecular formula is C15H17FN2O2S. The number of methoxy groups -OCH3 is 1. The van der Waals surface area contributed by atoms with Crippen molar-refractivity contribution in [2.75, 3.05) is 13.7 Å². The molecule has 1 aliphatic rings. The minimum absolute atomic E-state index is 0.0518. The highest BCUT2D eigenvalue weighted by atomic mass is 32.1. The Labute approximate surface area is 125 Å². The molecule has 0 spiro atoms. The van der Waals surface area contributed by atoms with Crippen LogP contribution >= 0.6 is 11.3 Å². The Morgan fingerprint density at radius 3 is 3.00 bits per heavy atom. The van der Waals surface area contributed by atoms with Gasteiger partial charge in [0.1, 0.15) is 5.82 Å². The van der Waals surface area contributed by atoms with Gasteiger partial charge in [0.15, 0.2) is 4.80 Å². The maximum Gasteiger partial charge on any atom is 0.251 e. The largest absolute Gasteiger partial charge is 0.383 e. The molecule has 1 aromatic carbocycles. The lowest BCUT2D eigenvalue weighted by molar-refractivity contribution is -0.124. The minimum atomic E-state index is -0.294. The number of aromatic nitrogens is 1. The number of amides is 1. The molecule has 112 valence electrons. The van der Waals surface area contributed by atoms with Crippen LogP contribution in [0.5, 0.6) is 0 Å². The van der Waals surface area contributed by atoms with Gasteiger partial charge in [0.2, 0.25) is 0 Å². The Bertz CT molecular complexity index is 731. The summed E-state index contributed by atoms with van der Waals surface area (Å²) >= 11 is 1.35. The summed E-state index contributed by atoms with van der Waals surface area (Å²) in [5.41, 5.74) is 0.500. The summed E-state index contributed by atoms with van der Waals surface area (Å²) in [5, 5.41) is 0. The second-order valence-electron chi connectivity index (χ2n) is 5.19. The van der Waals surface area contributed by atoms with Crippen molar-refractivity contribution in [2.24, 2.45) is 10.9 Å². The van der Waals surface area contributed by atoms with E-state index in [1.54, 1.807) is 17.7 Å². The first-order valence-corrected chi connectivity index (χ1v) is 7.87. The third-order valence-corrected chi connectivity index (χ3v) is 4.87. The van der Waals surface area contributed by atoms with Crippen molar-refractivity contribution < 1.29 is 13.9 Å². The number of nitrogens with zero attached hydrogens (tertiary/aromatic N) is 2. The number of carbonyl (C=O) groups excluding carboxylic acids is 1. The highest BCUT2D eigenvalue weighted by Gasteiger charge is 2.25. The molecule has 1 saturated carbocycles. The van der Waals surface area contributed by atoms with Crippen LogP contribution in [-0.4, -0.2) is 24.2 Å². The highest BCUT2D eigenvalue weighted by Crippen LogP contribution is 2.27. The topological polar surface area (TPSA) is 43.6 Å². The first-order valence-electron chi connectivity index (χ1n) is 7.06. The van der Waals surface area contributed by atoms with E-state index in [2.05, 4.69) is 4.99 Å². The number of fused-ring (bicyclic) bond motifs is 1. The van der Waals surface area contributed by atoms with Crippen LogP contribution in [0.4, 0.5) is 4.39 Å². The molecule has 0 atom stereocenters. The zero-order valence-electron chi connectivity index (χ0n) is 11.8. The Balaban J connectivity index is 2.09. The number of carbonyl (C=O) groups is 1. The average Bonchev–Trinajstić information content (AvgIpc) is 2.73. The summed E-state index contributed by atoms with van der Waals surface area (Å²) in [6, 6.07) is 4.95. The van der Waals surface area contributed by atoms with Gasteiger partial charge in [0.05, 0.1) is 16.8 Å². The standard InChI is InChI=1S/C15H17FN2O2S/c1-20-9-8-18-13-11(16)6-3-7-12(13)21-15(18)17-14(19)10-4-2-5-10/h3,6-7,10H,2,4-5,8-9H2,1H3. The fourth-order valence-electron chi connectivity index (χ4n) is 2.40. The van der Waals surface area contributed by atoms with Crippen molar-refractivity contribution in [1.29, 1.82) is 0 Å². The fraction of sp³-hybridized carbons (Fsp3) is 0.467. The molecule has 0 radical (unpaired) electrons. The summed E-state index contributed by atoms with van der Waals surface area (Å²) in [7, 11) is 1.60. The quantitative estimate of drug-likeness (QED) is 0.871. The van der Waals surface area contributed by atoms with E-state index in [-0.39, 0.29) is 17.6 Å². The van der Waals surface area contributed by atoms with Crippen LogP contribution in [0, 0.1) is 11.7 Å². The number of para-hydroxylation sites is 1. The first-order chi connectivity index (χ1) is 10.2. The maximum atomic E-state index is 14.1. The predicted octanol–water partition coefficient (Wildman–Crippen LogP) is 2.72. The van der Waals surface area contributed by atoms with E-state index in [1.807, 2.05) is 6.07 Å². The van der Waals surface area contributed by atoms with Crippen molar-refractivity contribution in [3.05, 3.63) is 28.8 Å². The van der Waals surface area contributed by atoms with Crippen molar-refractivity contribution in [2.45, 2.75) is 25.8 Å². The van der Waals surface area contributed by atoms with Crippen LogP contribution in [-0.2, 0) is 16.1 Å². The van der Waals surface area contributed by atoms with Gasteiger partial charge >= 0.3 is 0 Å². The Morgan fingerprint density at radius 2 is 2.33 bits per heavy atom. The molecular weight excluding hydrogens is 291 g/mol. The van der Waals surface area contributed by atoms with Gasteiger partial charge in [-0.1, -0.05) is 23.8 Å². The Kier molecular flexibility index (Phi) is 4.17. The Hall–Kier alpha value is -1.53. The number of ether oxygens (including phenoxy) is 1. The van der Waals surface area contributed by atoms with Crippen LogP contribution in [0.25, 0.3) is 10.2 Å². The molecule has 3 rings (SSSR count). The molecule has 0 N–H and O–H groups in total. The van der Waals surface area contributed by atoms with E-state index in [9.17, 15) is 9.18 Å². The van der Waals surface area contributed by atoms with E-state index in [0.717, 1.165) is 24.0 Å². The van der Waals surface area contributed by atoms with Gasteiger partial charge in [-0.3, -0.25) is 4.79 Å². The van der Waals surface area contributed by atoms with E-state index in [4.69, 9.17) is 4.74 Å². The minimum Gasteiger partial charge on any atom is -0.383 e. The van der Waals surface area contributed by atoms with Gasteiger partial charge in [0, 0.05) is 19.6 Å². The Morgan fingerprint density at radius 1 is 1.52 bits per heavy atom. The van der Waals surface area contributed by atoms with E-state index in [0.29, 0.717) is 23.5 Å². The molecule has 21 heavy (non-hydrogen) atoms. The van der Waals surface area contributed by atoms with Gasteiger partial charge in [0.25, 0.3) is 5.91 Å². The van der Waals surface area contributed by atoms with Gasteiger partial charge in [-0.2, -0.15) is 4.99 Å². The molecule has 6 heteroatoms. The molecule has 0 unspecified atom stereocenters. The second kappa shape index (κ2) is 6.07. The molecule has 1 amide bonds. The summed E-state index contributed by atoms with van der Waals surface area (Å²) in [6.45, 7) is 0.930. The number of rotatable bonds is 4. The maximum absolute atomic E-state index is 14.1. The molecule has 1 aromatic heterocycles. The number of halogens is 1. The lowest BCUT2D eigenvalue weighted by Gasteiger charge is -2.20. The van der Waals surface area contributed by atoms with Crippen LogP contribution in [0.2, 0.25) is 0 Å². The van der Waals surface area contributed by atoms with Crippen LogP contribution in [0.1, 0.15) is 19.3 Å². The number of thiazole rings is 1. The molecule has 1 heterocycles. The van der Waals surface area contributed by atoms with Gasteiger partial charge in [-0.05, 0) is 25.0 Å². The molecule has 0 aliphatic heterocycles. The third-order valence-electron chi connectivity index (χ3n) is 3.83. The van der Waals surface area contributed by atoms with Crippen LogP contribution in [0.3, 0.4) is 0 Å². The average molecular weight is 308 g/mol. The third kappa shape index (κ3) is 2.78. The van der Waals surface area contributed by atoms with Gasteiger partial charge in [-0.25, -0.2) is 4.39 Å². The smallest absolute Gasteiger partial charge is 0.251 e. The van der Waals surface area contributed by atoms with Crippen LogP contribution < -0.4 is 4.80 Å². The molecule has 0 bridgehead atoms. The van der Waals surface area contributed by atoms with Crippen molar-refractivity contribution >= 4 is 27.5 Å².